The Bertz CT molecular complexity index is 678. The van der Waals surface area contributed by atoms with Gasteiger partial charge in [0.05, 0.1) is 5.56 Å². The van der Waals surface area contributed by atoms with Crippen LogP contribution < -0.4 is 0 Å². The molecule has 5 nitrogen and oxygen atoms in total. The lowest BCUT2D eigenvalue weighted by molar-refractivity contribution is -0.172. The number of rotatable bonds is 2. The van der Waals surface area contributed by atoms with Gasteiger partial charge < -0.3 is 4.84 Å². The maximum atomic E-state index is 12.3. The molecule has 0 unspecified atom stereocenters. The van der Waals surface area contributed by atoms with Crippen molar-refractivity contribution in [3.63, 3.8) is 0 Å². The highest BCUT2D eigenvalue weighted by molar-refractivity contribution is 6.03. The third kappa shape index (κ3) is 2.79. The fraction of sp³-hybridized carbons (Fsp3) is 0.312. The van der Waals surface area contributed by atoms with Crippen LogP contribution in [0.3, 0.4) is 0 Å². The van der Waals surface area contributed by atoms with Gasteiger partial charge in [-0.05, 0) is 38.0 Å². The van der Waals surface area contributed by atoms with Gasteiger partial charge in [-0.2, -0.15) is 0 Å². The molecule has 0 aliphatic carbocycles. The summed E-state index contributed by atoms with van der Waals surface area (Å²) < 4.78 is 0. The van der Waals surface area contributed by atoms with E-state index in [1.807, 2.05) is 6.07 Å². The van der Waals surface area contributed by atoms with E-state index in [0.29, 0.717) is 27.3 Å². The Morgan fingerprint density at radius 1 is 1.19 bits per heavy atom. The van der Waals surface area contributed by atoms with E-state index in [1.165, 1.54) is 0 Å². The molecule has 1 aliphatic rings. The minimum Gasteiger partial charge on any atom is -0.325 e. The van der Waals surface area contributed by atoms with Gasteiger partial charge in [0.1, 0.15) is 0 Å². The van der Waals surface area contributed by atoms with Crippen LogP contribution >= 0.6 is 0 Å². The van der Waals surface area contributed by atoms with Crippen LogP contribution in [-0.4, -0.2) is 22.8 Å². The Labute approximate surface area is 122 Å². The largest absolute Gasteiger partial charge is 0.364 e. The average Bonchev–Trinajstić information content (AvgIpc) is 2.74. The predicted octanol–water partition coefficient (Wildman–Crippen LogP) is 1.90. The Morgan fingerprint density at radius 2 is 1.81 bits per heavy atom. The molecule has 1 fully saturated rings. The van der Waals surface area contributed by atoms with Crippen molar-refractivity contribution in [3.05, 3.63) is 34.4 Å². The SMILES string of the molecule is CC#Cc1ccc(C)c(C(=O)ON2C(=O)CCC2=O)c1C. The summed E-state index contributed by atoms with van der Waals surface area (Å²) >= 11 is 0. The first kappa shape index (κ1) is 14.8. The van der Waals surface area contributed by atoms with E-state index in [1.54, 1.807) is 26.8 Å². The minimum atomic E-state index is -0.714. The van der Waals surface area contributed by atoms with Crippen molar-refractivity contribution >= 4 is 17.8 Å². The zero-order valence-corrected chi connectivity index (χ0v) is 12.1. The number of carbonyl (C=O) groups is 3. The van der Waals surface area contributed by atoms with Crippen molar-refractivity contribution in [1.82, 2.24) is 5.06 Å². The van der Waals surface area contributed by atoms with Crippen LogP contribution in [0.2, 0.25) is 0 Å². The summed E-state index contributed by atoms with van der Waals surface area (Å²) in [6, 6.07) is 3.58. The number of hydroxylamine groups is 2. The summed E-state index contributed by atoms with van der Waals surface area (Å²) in [7, 11) is 0. The van der Waals surface area contributed by atoms with Gasteiger partial charge in [0.25, 0.3) is 11.8 Å². The molecule has 0 atom stereocenters. The maximum Gasteiger partial charge on any atom is 0.364 e. The van der Waals surface area contributed by atoms with E-state index in [9.17, 15) is 14.4 Å². The van der Waals surface area contributed by atoms with Crippen molar-refractivity contribution in [3.8, 4) is 11.8 Å². The van der Waals surface area contributed by atoms with Gasteiger partial charge in [-0.1, -0.05) is 12.0 Å². The summed E-state index contributed by atoms with van der Waals surface area (Å²) in [5, 5.41) is 0.555. The Kier molecular flexibility index (Phi) is 4.08. The average molecular weight is 285 g/mol. The fourth-order valence-corrected chi connectivity index (χ4v) is 2.22. The number of hydrogen-bond donors (Lipinski definition) is 0. The number of imide groups is 1. The van der Waals surface area contributed by atoms with Crippen LogP contribution in [0.4, 0.5) is 0 Å². The number of hydrogen-bond acceptors (Lipinski definition) is 4. The monoisotopic (exact) mass is 285 g/mol. The van der Waals surface area contributed by atoms with E-state index < -0.39 is 17.8 Å². The lowest BCUT2D eigenvalue weighted by Crippen LogP contribution is -2.32. The quantitative estimate of drug-likeness (QED) is 0.615. The molecule has 0 spiro atoms. The summed E-state index contributed by atoms with van der Waals surface area (Å²) in [5.74, 6) is 3.98. The molecule has 108 valence electrons. The molecule has 5 heteroatoms. The van der Waals surface area contributed by atoms with E-state index in [2.05, 4.69) is 11.8 Å². The lowest BCUT2D eigenvalue weighted by Gasteiger charge is -2.15. The lowest BCUT2D eigenvalue weighted by atomic mass is 9.98. The molecule has 1 heterocycles. The first-order chi connectivity index (χ1) is 9.95. The number of nitrogens with zero attached hydrogens (tertiary/aromatic N) is 1. The Morgan fingerprint density at radius 3 is 2.38 bits per heavy atom. The molecule has 0 N–H and O–H groups in total. The number of carbonyl (C=O) groups excluding carboxylic acids is 3. The summed E-state index contributed by atoms with van der Waals surface area (Å²) in [6.45, 7) is 5.23. The van der Waals surface area contributed by atoms with Gasteiger partial charge in [-0.3, -0.25) is 9.59 Å². The van der Waals surface area contributed by atoms with E-state index in [0.717, 1.165) is 0 Å². The fourth-order valence-electron chi connectivity index (χ4n) is 2.22. The second-order valence-corrected chi connectivity index (χ2v) is 4.77. The smallest absolute Gasteiger partial charge is 0.325 e. The predicted molar refractivity (Wildman–Crippen MR) is 75.0 cm³/mol. The molecule has 2 rings (SSSR count). The van der Waals surface area contributed by atoms with Gasteiger partial charge >= 0.3 is 5.97 Å². The molecule has 0 aromatic heterocycles. The van der Waals surface area contributed by atoms with Gasteiger partial charge in [0, 0.05) is 18.4 Å². The third-order valence-corrected chi connectivity index (χ3v) is 3.32. The molecule has 0 bridgehead atoms. The van der Waals surface area contributed by atoms with Gasteiger partial charge in [0.2, 0.25) is 0 Å². The highest BCUT2D eigenvalue weighted by atomic mass is 16.7. The van der Waals surface area contributed by atoms with Crippen LogP contribution in [0, 0.1) is 25.7 Å². The minimum absolute atomic E-state index is 0.0748. The van der Waals surface area contributed by atoms with Crippen LogP contribution in [0.1, 0.15) is 46.8 Å². The molecular weight excluding hydrogens is 270 g/mol. The highest BCUT2D eigenvalue weighted by Gasteiger charge is 2.33. The number of aryl methyl sites for hydroxylation is 1. The van der Waals surface area contributed by atoms with E-state index in [4.69, 9.17) is 4.84 Å². The van der Waals surface area contributed by atoms with Crippen LogP contribution in [0.15, 0.2) is 12.1 Å². The first-order valence-electron chi connectivity index (χ1n) is 6.56. The maximum absolute atomic E-state index is 12.3. The molecule has 1 aromatic rings. The standard InChI is InChI=1S/C16H15NO4/c1-4-5-12-7-6-10(2)15(11(12)3)16(20)21-17-13(18)8-9-14(17)19/h6-7H,8-9H2,1-3H3. The molecule has 1 aromatic carbocycles. The normalized spacial score (nSPS) is 14.0. The van der Waals surface area contributed by atoms with Crippen molar-refractivity contribution in [2.24, 2.45) is 0 Å². The number of benzene rings is 1. The molecule has 0 radical (unpaired) electrons. The zero-order valence-electron chi connectivity index (χ0n) is 12.1. The van der Waals surface area contributed by atoms with Crippen LogP contribution in [0.25, 0.3) is 0 Å². The van der Waals surface area contributed by atoms with Crippen molar-refractivity contribution < 1.29 is 19.2 Å². The van der Waals surface area contributed by atoms with Gasteiger partial charge in [-0.15, -0.1) is 11.0 Å². The summed E-state index contributed by atoms with van der Waals surface area (Å²) in [4.78, 5) is 40.2. The number of amides is 2. The topological polar surface area (TPSA) is 63.7 Å². The van der Waals surface area contributed by atoms with Gasteiger partial charge in [0.15, 0.2) is 0 Å². The molecule has 1 saturated heterocycles. The summed E-state index contributed by atoms with van der Waals surface area (Å²) in [6.07, 6.45) is 0.150. The van der Waals surface area contributed by atoms with Crippen LogP contribution in [0.5, 0.6) is 0 Å². The Hall–Kier alpha value is -2.61. The molecule has 2 amide bonds. The van der Waals surface area contributed by atoms with E-state index in [-0.39, 0.29) is 12.8 Å². The van der Waals surface area contributed by atoms with Gasteiger partial charge in [-0.25, -0.2) is 4.79 Å². The molecule has 21 heavy (non-hydrogen) atoms. The highest BCUT2D eigenvalue weighted by Crippen LogP contribution is 2.21. The third-order valence-electron chi connectivity index (χ3n) is 3.32. The van der Waals surface area contributed by atoms with Crippen LogP contribution in [-0.2, 0) is 14.4 Å². The van der Waals surface area contributed by atoms with E-state index >= 15 is 0 Å². The summed E-state index contributed by atoms with van der Waals surface area (Å²) in [5.41, 5.74) is 2.43. The van der Waals surface area contributed by atoms with Crippen molar-refractivity contribution in [1.29, 1.82) is 0 Å². The molecular formula is C16H15NO4. The van der Waals surface area contributed by atoms with Crippen molar-refractivity contribution in [2.75, 3.05) is 0 Å². The zero-order chi connectivity index (χ0) is 15.6. The van der Waals surface area contributed by atoms with Crippen molar-refractivity contribution in [2.45, 2.75) is 33.6 Å². The molecule has 1 aliphatic heterocycles. The second-order valence-electron chi connectivity index (χ2n) is 4.77. The first-order valence-corrected chi connectivity index (χ1v) is 6.56. The second kappa shape index (κ2) is 5.80. The Balaban J connectivity index is 2.34. The molecule has 0 saturated carbocycles.